The van der Waals surface area contributed by atoms with E-state index >= 15 is 0 Å². The maximum Gasteiger partial charge on any atom is 0.253 e. The molecule has 0 saturated heterocycles. The molecule has 1 aromatic carbocycles. The van der Waals surface area contributed by atoms with Crippen LogP contribution in [0.15, 0.2) is 41.8 Å². The van der Waals surface area contributed by atoms with Crippen LogP contribution in [-0.4, -0.2) is 23.8 Å². The number of thiophene rings is 1. The van der Waals surface area contributed by atoms with Crippen LogP contribution in [0.1, 0.15) is 21.7 Å². The molecule has 0 spiro atoms. The zero-order valence-corrected chi connectivity index (χ0v) is 15.7. The molecule has 3 rings (SSSR count). The van der Waals surface area contributed by atoms with Crippen molar-refractivity contribution in [2.24, 2.45) is 0 Å². The molecule has 2 heterocycles. The standard InChI is InChI=1S/C18H18N4O2S2/c1-20-17(24)11-5-2-3-6-12(11)21-15(23)9-8-14-16(22-18(19)26-14)13-7-4-10-25-13/h2-7,10H,8-9H2,1H3,(H2,19,22)(H,20,24)(H,21,23). The number of thiazole rings is 1. The average molecular weight is 387 g/mol. The molecule has 0 aliphatic heterocycles. The van der Waals surface area contributed by atoms with Crippen LogP contribution in [0.4, 0.5) is 10.8 Å². The number of benzene rings is 1. The predicted molar refractivity (Wildman–Crippen MR) is 107 cm³/mol. The molecular weight excluding hydrogens is 368 g/mol. The Bertz CT molecular complexity index is 919. The first-order valence-electron chi connectivity index (χ1n) is 7.98. The lowest BCUT2D eigenvalue weighted by Gasteiger charge is -2.10. The second-order valence-electron chi connectivity index (χ2n) is 5.47. The quantitative estimate of drug-likeness (QED) is 0.605. The van der Waals surface area contributed by atoms with E-state index in [2.05, 4.69) is 15.6 Å². The van der Waals surface area contributed by atoms with Gasteiger partial charge < -0.3 is 16.4 Å². The fourth-order valence-electron chi connectivity index (χ4n) is 2.51. The molecule has 0 atom stereocenters. The Balaban J connectivity index is 1.69. The van der Waals surface area contributed by atoms with Crippen molar-refractivity contribution in [3.8, 4) is 10.6 Å². The number of nitrogen functional groups attached to an aromatic ring is 1. The third-order valence-electron chi connectivity index (χ3n) is 3.72. The zero-order valence-electron chi connectivity index (χ0n) is 14.1. The van der Waals surface area contributed by atoms with E-state index in [9.17, 15) is 9.59 Å². The number of aromatic nitrogens is 1. The van der Waals surface area contributed by atoms with Gasteiger partial charge in [0.2, 0.25) is 5.91 Å². The SMILES string of the molecule is CNC(=O)c1ccccc1NC(=O)CCc1sc(N)nc1-c1cccs1. The summed E-state index contributed by atoms with van der Waals surface area (Å²) in [6.45, 7) is 0. The molecule has 6 nitrogen and oxygen atoms in total. The smallest absolute Gasteiger partial charge is 0.253 e. The number of rotatable bonds is 6. The van der Waals surface area contributed by atoms with Crippen LogP contribution in [0, 0.1) is 0 Å². The van der Waals surface area contributed by atoms with Gasteiger partial charge in [0, 0.05) is 18.3 Å². The van der Waals surface area contributed by atoms with Crippen molar-refractivity contribution in [2.45, 2.75) is 12.8 Å². The Hall–Kier alpha value is -2.71. The summed E-state index contributed by atoms with van der Waals surface area (Å²) in [6, 6.07) is 10.9. The van der Waals surface area contributed by atoms with Gasteiger partial charge in [-0.15, -0.1) is 22.7 Å². The first-order chi connectivity index (χ1) is 12.6. The highest BCUT2D eigenvalue weighted by atomic mass is 32.1. The van der Waals surface area contributed by atoms with Crippen LogP contribution >= 0.6 is 22.7 Å². The minimum Gasteiger partial charge on any atom is -0.375 e. The Morgan fingerprint density at radius 1 is 1.19 bits per heavy atom. The lowest BCUT2D eigenvalue weighted by Crippen LogP contribution is -2.21. The zero-order chi connectivity index (χ0) is 18.5. The van der Waals surface area contributed by atoms with Crippen LogP contribution in [-0.2, 0) is 11.2 Å². The van der Waals surface area contributed by atoms with Crippen LogP contribution in [0.5, 0.6) is 0 Å². The van der Waals surface area contributed by atoms with E-state index in [0.717, 1.165) is 15.4 Å². The van der Waals surface area contributed by atoms with Crippen LogP contribution in [0.25, 0.3) is 10.6 Å². The van der Waals surface area contributed by atoms with Gasteiger partial charge in [0.05, 0.1) is 21.8 Å². The Kier molecular flexibility index (Phi) is 5.65. The topological polar surface area (TPSA) is 97.1 Å². The molecule has 0 fully saturated rings. The van der Waals surface area contributed by atoms with Crippen molar-refractivity contribution in [2.75, 3.05) is 18.1 Å². The van der Waals surface area contributed by atoms with E-state index in [1.54, 1.807) is 42.6 Å². The molecule has 0 radical (unpaired) electrons. The second kappa shape index (κ2) is 8.11. The molecule has 8 heteroatoms. The number of amides is 2. The summed E-state index contributed by atoms with van der Waals surface area (Å²) in [5.41, 5.74) is 7.63. The number of aryl methyl sites for hydroxylation is 1. The second-order valence-corrected chi connectivity index (χ2v) is 7.54. The molecule has 2 amide bonds. The number of para-hydroxylation sites is 1. The van der Waals surface area contributed by atoms with Gasteiger partial charge in [-0.3, -0.25) is 9.59 Å². The van der Waals surface area contributed by atoms with Crippen LogP contribution < -0.4 is 16.4 Å². The summed E-state index contributed by atoms with van der Waals surface area (Å²) in [6.07, 6.45) is 0.818. The minimum absolute atomic E-state index is 0.162. The molecule has 0 bridgehead atoms. The van der Waals surface area contributed by atoms with Crippen molar-refractivity contribution < 1.29 is 9.59 Å². The van der Waals surface area contributed by atoms with Gasteiger partial charge in [-0.25, -0.2) is 4.98 Å². The van der Waals surface area contributed by atoms with E-state index in [1.807, 2.05) is 17.5 Å². The number of carbonyl (C=O) groups is 2. The summed E-state index contributed by atoms with van der Waals surface area (Å²) in [5.74, 6) is -0.401. The Labute approximate surface area is 159 Å². The van der Waals surface area contributed by atoms with E-state index in [1.165, 1.54) is 11.3 Å². The van der Waals surface area contributed by atoms with Crippen molar-refractivity contribution in [3.05, 3.63) is 52.2 Å². The lowest BCUT2D eigenvalue weighted by atomic mass is 10.1. The molecule has 0 unspecified atom stereocenters. The number of anilines is 2. The van der Waals surface area contributed by atoms with Crippen LogP contribution in [0.3, 0.4) is 0 Å². The van der Waals surface area contributed by atoms with Gasteiger partial charge in [0.15, 0.2) is 5.13 Å². The molecule has 26 heavy (non-hydrogen) atoms. The highest BCUT2D eigenvalue weighted by molar-refractivity contribution is 7.17. The fraction of sp³-hybridized carbons (Fsp3) is 0.167. The number of hydrogen-bond acceptors (Lipinski definition) is 6. The highest BCUT2D eigenvalue weighted by Crippen LogP contribution is 2.33. The van der Waals surface area contributed by atoms with Crippen molar-refractivity contribution in [3.63, 3.8) is 0 Å². The first kappa shape index (κ1) is 18.1. The van der Waals surface area contributed by atoms with Gasteiger partial charge in [0.25, 0.3) is 5.91 Å². The monoisotopic (exact) mass is 386 g/mol. The van der Waals surface area contributed by atoms with Gasteiger partial charge in [0.1, 0.15) is 0 Å². The maximum absolute atomic E-state index is 12.4. The fourth-order valence-corrected chi connectivity index (χ4v) is 4.16. The summed E-state index contributed by atoms with van der Waals surface area (Å²) in [7, 11) is 1.56. The predicted octanol–water partition coefficient (Wildman–Crippen LogP) is 3.38. The number of hydrogen-bond donors (Lipinski definition) is 3. The minimum atomic E-state index is -0.240. The Morgan fingerprint density at radius 2 is 2.00 bits per heavy atom. The van der Waals surface area contributed by atoms with Crippen LogP contribution in [0.2, 0.25) is 0 Å². The molecule has 3 aromatic rings. The molecular formula is C18H18N4O2S2. The third-order valence-corrected chi connectivity index (χ3v) is 5.54. The van der Waals surface area contributed by atoms with Gasteiger partial charge in [-0.05, 0) is 30.0 Å². The maximum atomic E-state index is 12.4. The van der Waals surface area contributed by atoms with E-state index in [-0.39, 0.29) is 18.2 Å². The van der Waals surface area contributed by atoms with Gasteiger partial charge >= 0.3 is 0 Å². The average Bonchev–Trinajstić information content (AvgIpc) is 3.29. The number of nitrogens with one attached hydrogen (secondary N) is 2. The first-order valence-corrected chi connectivity index (χ1v) is 9.68. The van der Waals surface area contributed by atoms with E-state index < -0.39 is 0 Å². The van der Waals surface area contributed by atoms with Gasteiger partial charge in [-0.2, -0.15) is 0 Å². The number of nitrogens with two attached hydrogens (primary N) is 1. The van der Waals surface area contributed by atoms with Gasteiger partial charge in [-0.1, -0.05) is 18.2 Å². The molecule has 0 aliphatic rings. The molecule has 134 valence electrons. The summed E-state index contributed by atoms with van der Waals surface area (Å²) >= 11 is 2.99. The molecule has 0 saturated carbocycles. The van der Waals surface area contributed by atoms with Crippen molar-refractivity contribution >= 4 is 45.3 Å². The lowest BCUT2D eigenvalue weighted by molar-refractivity contribution is -0.116. The largest absolute Gasteiger partial charge is 0.375 e. The van der Waals surface area contributed by atoms with Crippen molar-refractivity contribution in [1.29, 1.82) is 0 Å². The summed E-state index contributed by atoms with van der Waals surface area (Å²) in [4.78, 5) is 30.7. The molecule has 2 aromatic heterocycles. The molecule has 0 aliphatic carbocycles. The number of nitrogens with zero attached hydrogens (tertiary/aromatic N) is 1. The Morgan fingerprint density at radius 3 is 2.73 bits per heavy atom. The normalized spacial score (nSPS) is 10.5. The highest BCUT2D eigenvalue weighted by Gasteiger charge is 2.15. The summed E-state index contributed by atoms with van der Waals surface area (Å²) < 4.78 is 0. The van der Waals surface area contributed by atoms with E-state index in [4.69, 9.17) is 5.73 Å². The van der Waals surface area contributed by atoms with E-state index in [0.29, 0.717) is 22.8 Å². The number of carbonyl (C=O) groups excluding carboxylic acids is 2. The summed E-state index contributed by atoms with van der Waals surface area (Å²) in [5, 5.41) is 7.86. The molecule has 4 N–H and O–H groups in total. The third kappa shape index (κ3) is 4.09. The van der Waals surface area contributed by atoms with Crippen molar-refractivity contribution in [1.82, 2.24) is 10.3 Å².